The van der Waals surface area contributed by atoms with E-state index < -0.39 is 0 Å². The maximum absolute atomic E-state index is 10.2. The molecule has 0 amide bonds. The maximum atomic E-state index is 10.2. The van der Waals surface area contributed by atoms with E-state index >= 15 is 0 Å². The van der Waals surface area contributed by atoms with Gasteiger partial charge in [0.2, 0.25) is 0 Å². The number of benzene rings is 1. The van der Waals surface area contributed by atoms with Crippen molar-refractivity contribution >= 4 is 0 Å². The molecule has 0 radical (unpaired) electrons. The van der Waals surface area contributed by atoms with Crippen molar-refractivity contribution in [1.82, 2.24) is 9.80 Å². The topological polar surface area (TPSA) is 46.9 Å². The number of rotatable bonds is 5. The van der Waals surface area contributed by atoms with Crippen LogP contribution >= 0.6 is 0 Å². The average molecular weight is 318 g/mol. The molecule has 0 atom stereocenters. The highest BCUT2D eigenvalue weighted by atomic mass is 16.3. The van der Waals surface area contributed by atoms with Gasteiger partial charge < -0.3 is 10.2 Å². The Bertz CT molecular complexity index is 492. The molecule has 1 aliphatic heterocycles. The number of piperazine rings is 1. The Morgan fingerprint density at radius 2 is 1.65 bits per heavy atom. The van der Waals surface area contributed by atoms with Gasteiger partial charge >= 0.3 is 0 Å². The highest BCUT2D eigenvalue weighted by Crippen LogP contribution is 2.34. The molecule has 1 saturated carbocycles. The van der Waals surface area contributed by atoms with E-state index in [1.807, 2.05) is 6.07 Å². The predicted octanol–water partition coefficient (Wildman–Crippen LogP) is 2.55. The number of phenols is 1. The third-order valence-electron chi connectivity index (χ3n) is 5.46. The summed E-state index contributed by atoms with van der Waals surface area (Å²) < 4.78 is 0. The first kappa shape index (κ1) is 16.7. The zero-order valence-electron chi connectivity index (χ0n) is 14.1. The van der Waals surface area contributed by atoms with Crippen molar-refractivity contribution in [2.45, 2.75) is 44.6 Å². The summed E-state index contributed by atoms with van der Waals surface area (Å²) in [5, 5.41) is 19.3. The minimum Gasteiger partial charge on any atom is -0.508 e. The van der Waals surface area contributed by atoms with Crippen LogP contribution < -0.4 is 0 Å². The SMILES string of the molecule is OCCN1CCN(Cc2cc(C3CCCCC3)ccc2O)CC1. The molecule has 4 heteroatoms. The van der Waals surface area contributed by atoms with E-state index in [4.69, 9.17) is 5.11 Å². The molecule has 23 heavy (non-hydrogen) atoms. The number of β-amino-alcohol motifs (C(OH)–C–C–N with tert-alkyl or cyclic N) is 1. The molecule has 3 rings (SSSR count). The molecule has 0 unspecified atom stereocenters. The normalized spacial score (nSPS) is 21.6. The number of aliphatic hydroxyl groups is 1. The molecule has 2 fully saturated rings. The van der Waals surface area contributed by atoms with Crippen LogP contribution in [0.2, 0.25) is 0 Å². The van der Waals surface area contributed by atoms with Gasteiger partial charge in [0.1, 0.15) is 5.75 Å². The first-order valence-electron chi connectivity index (χ1n) is 9.13. The lowest BCUT2D eigenvalue weighted by atomic mass is 9.83. The van der Waals surface area contributed by atoms with Crippen LogP contribution in [0.25, 0.3) is 0 Å². The summed E-state index contributed by atoms with van der Waals surface area (Å²) in [5.41, 5.74) is 2.49. The summed E-state index contributed by atoms with van der Waals surface area (Å²) in [6.45, 7) is 5.87. The van der Waals surface area contributed by atoms with Crippen LogP contribution in [0.5, 0.6) is 5.75 Å². The van der Waals surface area contributed by atoms with Crippen LogP contribution in [0.15, 0.2) is 18.2 Å². The fourth-order valence-corrected chi connectivity index (χ4v) is 3.98. The third kappa shape index (κ3) is 4.46. The van der Waals surface area contributed by atoms with Gasteiger partial charge in [-0.1, -0.05) is 31.4 Å². The maximum Gasteiger partial charge on any atom is 0.120 e. The Balaban J connectivity index is 1.61. The second-order valence-electron chi connectivity index (χ2n) is 7.06. The quantitative estimate of drug-likeness (QED) is 0.876. The summed E-state index contributed by atoms with van der Waals surface area (Å²) in [6, 6.07) is 6.25. The molecule has 1 saturated heterocycles. The van der Waals surface area contributed by atoms with E-state index in [0.29, 0.717) is 11.7 Å². The summed E-state index contributed by atoms with van der Waals surface area (Å²) in [6.07, 6.45) is 6.65. The van der Waals surface area contributed by atoms with Crippen molar-refractivity contribution in [2.24, 2.45) is 0 Å². The van der Waals surface area contributed by atoms with Crippen molar-refractivity contribution in [1.29, 1.82) is 0 Å². The van der Waals surface area contributed by atoms with Gasteiger partial charge in [-0.05, 0) is 30.4 Å². The standard InChI is InChI=1S/C19H30N2O2/c22-13-12-20-8-10-21(11-9-20)15-18-14-17(6-7-19(18)23)16-4-2-1-3-5-16/h6-7,14,16,22-23H,1-5,8-13,15H2. The van der Waals surface area contributed by atoms with Crippen LogP contribution in [0.1, 0.15) is 49.1 Å². The average Bonchev–Trinajstić information content (AvgIpc) is 2.59. The summed E-state index contributed by atoms with van der Waals surface area (Å²) in [5.74, 6) is 1.12. The van der Waals surface area contributed by atoms with Crippen molar-refractivity contribution in [3.05, 3.63) is 29.3 Å². The van der Waals surface area contributed by atoms with E-state index in [0.717, 1.165) is 44.8 Å². The van der Waals surface area contributed by atoms with E-state index in [1.54, 1.807) is 0 Å². The van der Waals surface area contributed by atoms with Crippen LogP contribution in [0.3, 0.4) is 0 Å². The number of hydrogen-bond acceptors (Lipinski definition) is 4. The van der Waals surface area contributed by atoms with Gasteiger partial charge in [-0.2, -0.15) is 0 Å². The number of hydrogen-bond donors (Lipinski definition) is 2. The van der Waals surface area contributed by atoms with Crippen molar-refractivity contribution < 1.29 is 10.2 Å². The van der Waals surface area contributed by atoms with E-state index in [-0.39, 0.29) is 6.61 Å². The van der Waals surface area contributed by atoms with E-state index in [2.05, 4.69) is 21.9 Å². The molecule has 128 valence electrons. The zero-order valence-corrected chi connectivity index (χ0v) is 14.1. The largest absolute Gasteiger partial charge is 0.508 e. The van der Waals surface area contributed by atoms with Gasteiger partial charge in [0, 0.05) is 44.8 Å². The second-order valence-corrected chi connectivity index (χ2v) is 7.06. The Labute approximate surface area is 139 Å². The Hall–Kier alpha value is -1.10. The van der Waals surface area contributed by atoms with Crippen molar-refractivity contribution in [3.63, 3.8) is 0 Å². The molecule has 1 aromatic rings. The highest BCUT2D eigenvalue weighted by Gasteiger charge is 2.20. The van der Waals surface area contributed by atoms with Crippen LogP contribution in [0.4, 0.5) is 0 Å². The lowest BCUT2D eigenvalue weighted by molar-refractivity contribution is 0.108. The lowest BCUT2D eigenvalue weighted by Gasteiger charge is -2.34. The summed E-state index contributed by atoms with van der Waals surface area (Å²) in [7, 11) is 0. The molecular weight excluding hydrogens is 288 g/mol. The zero-order chi connectivity index (χ0) is 16.1. The smallest absolute Gasteiger partial charge is 0.120 e. The number of aromatic hydroxyl groups is 1. The van der Waals surface area contributed by atoms with Gasteiger partial charge in [0.05, 0.1) is 6.61 Å². The minimum atomic E-state index is 0.240. The molecule has 2 aliphatic rings. The van der Waals surface area contributed by atoms with Gasteiger partial charge in [-0.15, -0.1) is 0 Å². The molecule has 0 bridgehead atoms. The highest BCUT2D eigenvalue weighted by molar-refractivity contribution is 5.37. The first-order chi connectivity index (χ1) is 11.3. The predicted molar refractivity (Wildman–Crippen MR) is 92.7 cm³/mol. The van der Waals surface area contributed by atoms with E-state index in [1.165, 1.54) is 37.7 Å². The van der Waals surface area contributed by atoms with Crippen LogP contribution in [0, 0.1) is 0 Å². The first-order valence-corrected chi connectivity index (χ1v) is 9.13. The Kier molecular flexibility index (Phi) is 5.92. The van der Waals surface area contributed by atoms with Crippen molar-refractivity contribution in [2.75, 3.05) is 39.3 Å². The summed E-state index contributed by atoms with van der Waals surface area (Å²) in [4.78, 5) is 4.71. The van der Waals surface area contributed by atoms with Crippen LogP contribution in [-0.2, 0) is 6.54 Å². The van der Waals surface area contributed by atoms with Gasteiger partial charge in [0.15, 0.2) is 0 Å². The van der Waals surface area contributed by atoms with E-state index in [9.17, 15) is 5.11 Å². The van der Waals surface area contributed by atoms with Crippen molar-refractivity contribution in [3.8, 4) is 5.75 Å². The van der Waals surface area contributed by atoms with Gasteiger partial charge in [-0.25, -0.2) is 0 Å². The number of phenolic OH excluding ortho intramolecular Hbond substituents is 1. The number of aliphatic hydroxyl groups excluding tert-OH is 1. The Morgan fingerprint density at radius 1 is 0.957 bits per heavy atom. The van der Waals surface area contributed by atoms with Crippen LogP contribution in [-0.4, -0.2) is 59.3 Å². The Morgan fingerprint density at radius 3 is 2.35 bits per heavy atom. The fraction of sp³-hybridized carbons (Fsp3) is 0.684. The molecule has 0 aromatic heterocycles. The lowest BCUT2D eigenvalue weighted by Crippen LogP contribution is -2.46. The summed E-state index contributed by atoms with van der Waals surface area (Å²) >= 11 is 0. The van der Waals surface area contributed by atoms with Gasteiger partial charge in [0.25, 0.3) is 0 Å². The fourth-order valence-electron chi connectivity index (χ4n) is 3.98. The minimum absolute atomic E-state index is 0.240. The molecule has 1 heterocycles. The van der Waals surface area contributed by atoms with Gasteiger partial charge in [-0.3, -0.25) is 9.80 Å². The monoisotopic (exact) mass is 318 g/mol. The number of nitrogens with zero attached hydrogens (tertiary/aromatic N) is 2. The molecule has 1 aromatic carbocycles. The molecule has 1 aliphatic carbocycles. The molecule has 0 spiro atoms. The third-order valence-corrected chi connectivity index (χ3v) is 5.46. The second kappa shape index (κ2) is 8.13. The molecule has 4 nitrogen and oxygen atoms in total. The molecule has 2 N–H and O–H groups in total. The molecular formula is C19H30N2O2.